The molecule has 0 radical (unpaired) electrons. The van der Waals surface area contributed by atoms with E-state index in [9.17, 15) is 14.4 Å². The van der Waals surface area contributed by atoms with Crippen LogP contribution < -0.4 is 10.6 Å². The third kappa shape index (κ3) is 7.57. The first-order valence-corrected chi connectivity index (χ1v) is 12.7. The molecule has 7 nitrogen and oxygen atoms in total. The number of amides is 3. The smallest absolute Gasteiger partial charge is 0.253 e. The Morgan fingerprint density at radius 1 is 0.857 bits per heavy atom. The summed E-state index contributed by atoms with van der Waals surface area (Å²) in [7, 11) is 0. The largest absolute Gasteiger partial charge is 0.376 e. The molecular formula is C28H38N4O3. The van der Waals surface area contributed by atoms with Crippen LogP contribution in [-0.2, 0) is 4.79 Å². The van der Waals surface area contributed by atoms with Gasteiger partial charge in [-0.05, 0) is 80.1 Å². The van der Waals surface area contributed by atoms with E-state index in [-0.39, 0.29) is 24.3 Å². The fourth-order valence-corrected chi connectivity index (χ4v) is 4.25. The fraction of sp³-hybridized carbons (Fsp3) is 0.464. The summed E-state index contributed by atoms with van der Waals surface area (Å²) < 4.78 is 0. The van der Waals surface area contributed by atoms with E-state index >= 15 is 0 Å². The zero-order valence-electron chi connectivity index (χ0n) is 21.2. The van der Waals surface area contributed by atoms with Crippen LogP contribution in [0.1, 0.15) is 67.2 Å². The molecule has 0 aromatic heterocycles. The van der Waals surface area contributed by atoms with Gasteiger partial charge in [-0.1, -0.05) is 20.8 Å². The Kier molecular flexibility index (Phi) is 9.70. The van der Waals surface area contributed by atoms with E-state index in [1.807, 2.05) is 21.9 Å². The molecule has 2 N–H and O–H groups in total. The van der Waals surface area contributed by atoms with Crippen molar-refractivity contribution in [1.29, 1.82) is 0 Å². The van der Waals surface area contributed by atoms with Gasteiger partial charge in [-0.2, -0.15) is 0 Å². The standard InChI is InChI=1S/C28H38N4O3/c1-4-16-31(17-5-2)27(34)22-6-10-24(11-7-22)29-20-26(33)30-25-12-8-23(9-13-25)28(35)32-18-14-21(3)15-19-32/h6-13,21,29H,4-5,14-20H2,1-3H3,(H,30,33). The lowest BCUT2D eigenvalue weighted by molar-refractivity contribution is -0.114. The highest BCUT2D eigenvalue weighted by Gasteiger charge is 2.21. The van der Waals surface area contributed by atoms with Crippen LogP contribution in [-0.4, -0.2) is 60.2 Å². The van der Waals surface area contributed by atoms with Crippen molar-refractivity contribution in [2.75, 3.05) is 43.4 Å². The molecule has 1 heterocycles. The van der Waals surface area contributed by atoms with Crippen LogP contribution in [0.25, 0.3) is 0 Å². The van der Waals surface area contributed by atoms with Crippen LogP contribution in [0.5, 0.6) is 0 Å². The lowest BCUT2D eigenvalue weighted by Crippen LogP contribution is -2.37. The predicted molar refractivity (Wildman–Crippen MR) is 141 cm³/mol. The second-order valence-electron chi connectivity index (χ2n) is 9.32. The Labute approximate surface area is 208 Å². The molecule has 2 aromatic rings. The summed E-state index contributed by atoms with van der Waals surface area (Å²) in [5.41, 5.74) is 2.71. The van der Waals surface area contributed by atoms with Crippen LogP contribution in [0.3, 0.4) is 0 Å². The van der Waals surface area contributed by atoms with Gasteiger partial charge in [0.1, 0.15) is 0 Å². The summed E-state index contributed by atoms with van der Waals surface area (Å²) in [5.74, 6) is 0.569. The molecule has 1 aliphatic heterocycles. The van der Waals surface area contributed by atoms with E-state index in [0.717, 1.165) is 57.5 Å². The molecule has 0 atom stereocenters. The third-order valence-corrected chi connectivity index (χ3v) is 6.35. The maximum absolute atomic E-state index is 12.7. The summed E-state index contributed by atoms with van der Waals surface area (Å²) >= 11 is 0. The molecule has 2 aromatic carbocycles. The summed E-state index contributed by atoms with van der Waals surface area (Å²) in [6.45, 7) is 9.55. The van der Waals surface area contributed by atoms with Crippen molar-refractivity contribution in [3.05, 3.63) is 59.7 Å². The SMILES string of the molecule is CCCN(CCC)C(=O)c1ccc(NCC(=O)Nc2ccc(C(=O)N3CCC(C)CC3)cc2)cc1. The van der Waals surface area contributed by atoms with Crippen LogP contribution >= 0.6 is 0 Å². The van der Waals surface area contributed by atoms with E-state index in [1.165, 1.54) is 0 Å². The van der Waals surface area contributed by atoms with Crippen molar-refractivity contribution in [2.45, 2.75) is 46.5 Å². The number of piperidine rings is 1. The molecule has 0 bridgehead atoms. The molecule has 0 unspecified atom stereocenters. The summed E-state index contributed by atoms with van der Waals surface area (Å²) in [5, 5.41) is 5.94. The Morgan fingerprint density at radius 3 is 1.97 bits per heavy atom. The lowest BCUT2D eigenvalue weighted by Gasteiger charge is -2.30. The minimum atomic E-state index is -0.189. The summed E-state index contributed by atoms with van der Waals surface area (Å²) in [6.07, 6.45) is 3.94. The molecule has 7 heteroatoms. The minimum Gasteiger partial charge on any atom is -0.376 e. The Balaban J connectivity index is 1.47. The molecule has 1 saturated heterocycles. The number of carbonyl (C=O) groups is 3. The normalized spacial score (nSPS) is 13.9. The van der Waals surface area contributed by atoms with E-state index < -0.39 is 0 Å². The maximum Gasteiger partial charge on any atom is 0.253 e. The monoisotopic (exact) mass is 478 g/mol. The summed E-state index contributed by atoms with van der Waals surface area (Å²) in [6, 6.07) is 14.3. The molecule has 0 saturated carbocycles. The van der Waals surface area contributed by atoms with E-state index in [2.05, 4.69) is 31.4 Å². The average molecular weight is 479 g/mol. The number of hydrogen-bond acceptors (Lipinski definition) is 4. The number of nitrogens with zero attached hydrogens (tertiary/aromatic N) is 2. The van der Waals surface area contributed by atoms with Gasteiger partial charge in [0.2, 0.25) is 5.91 Å². The highest BCUT2D eigenvalue weighted by molar-refractivity contribution is 5.97. The number of carbonyl (C=O) groups excluding carboxylic acids is 3. The third-order valence-electron chi connectivity index (χ3n) is 6.35. The number of likely N-dealkylation sites (tertiary alicyclic amines) is 1. The first-order valence-electron chi connectivity index (χ1n) is 12.7. The fourth-order valence-electron chi connectivity index (χ4n) is 4.25. The van der Waals surface area contributed by atoms with Gasteiger partial charge in [-0.15, -0.1) is 0 Å². The number of benzene rings is 2. The number of rotatable bonds is 10. The second-order valence-corrected chi connectivity index (χ2v) is 9.32. The predicted octanol–water partition coefficient (Wildman–Crippen LogP) is 4.87. The van der Waals surface area contributed by atoms with Gasteiger partial charge in [0.15, 0.2) is 0 Å². The van der Waals surface area contributed by atoms with Gasteiger partial charge in [0, 0.05) is 48.7 Å². The van der Waals surface area contributed by atoms with Gasteiger partial charge in [-0.25, -0.2) is 0 Å². The van der Waals surface area contributed by atoms with Crippen LogP contribution in [0.15, 0.2) is 48.5 Å². The molecule has 0 spiro atoms. The minimum absolute atomic E-state index is 0.0368. The van der Waals surface area contributed by atoms with Crippen molar-refractivity contribution in [3.63, 3.8) is 0 Å². The van der Waals surface area contributed by atoms with Crippen LogP contribution in [0, 0.1) is 5.92 Å². The highest BCUT2D eigenvalue weighted by Crippen LogP contribution is 2.19. The van der Waals surface area contributed by atoms with Gasteiger partial charge < -0.3 is 20.4 Å². The first kappa shape index (κ1) is 26.3. The maximum atomic E-state index is 12.7. The topological polar surface area (TPSA) is 81.8 Å². The van der Waals surface area contributed by atoms with Crippen LogP contribution in [0.2, 0.25) is 0 Å². The quantitative estimate of drug-likeness (QED) is 0.510. The first-order chi connectivity index (χ1) is 16.9. The number of hydrogen-bond donors (Lipinski definition) is 2. The van der Waals surface area contributed by atoms with Gasteiger partial charge >= 0.3 is 0 Å². The van der Waals surface area contributed by atoms with Crippen molar-refractivity contribution < 1.29 is 14.4 Å². The molecule has 3 rings (SSSR count). The molecule has 1 aliphatic rings. The molecule has 0 aliphatic carbocycles. The van der Waals surface area contributed by atoms with E-state index in [0.29, 0.717) is 22.7 Å². The number of nitrogens with one attached hydrogen (secondary N) is 2. The number of anilines is 2. The van der Waals surface area contributed by atoms with Gasteiger partial charge in [0.05, 0.1) is 6.54 Å². The van der Waals surface area contributed by atoms with E-state index in [4.69, 9.17) is 0 Å². The molecule has 188 valence electrons. The van der Waals surface area contributed by atoms with Gasteiger partial charge in [-0.3, -0.25) is 14.4 Å². The lowest BCUT2D eigenvalue weighted by atomic mass is 9.98. The Bertz CT molecular complexity index is 974. The van der Waals surface area contributed by atoms with Crippen molar-refractivity contribution in [1.82, 2.24) is 9.80 Å². The van der Waals surface area contributed by atoms with Gasteiger partial charge in [0.25, 0.3) is 11.8 Å². The Hall–Kier alpha value is -3.35. The van der Waals surface area contributed by atoms with Crippen molar-refractivity contribution in [2.24, 2.45) is 5.92 Å². The summed E-state index contributed by atoms with van der Waals surface area (Å²) in [4.78, 5) is 41.5. The van der Waals surface area contributed by atoms with Crippen molar-refractivity contribution >= 4 is 29.1 Å². The second kappa shape index (κ2) is 12.9. The highest BCUT2D eigenvalue weighted by atomic mass is 16.2. The molecule has 1 fully saturated rings. The molecular weight excluding hydrogens is 440 g/mol. The zero-order valence-corrected chi connectivity index (χ0v) is 21.2. The van der Waals surface area contributed by atoms with E-state index in [1.54, 1.807) is 36.4 Å². The van der Waals surface area contributed by atoms with Crippen LogP contribution in [0.4, 0.5) is 11.4 Å². The zero-order chi connectivity index (χ0) is 25.2. The van der Waals surface area contributed by atoms with Crippen molar-refractivity contribution in [3.8, 4) is 0 Å². The molecule has 3 amide bonds. The average Bonchev–Trinajstić information content (AvgIpc) is 2.88. The molecule has 35 heavy (non-hydrogen) atoms. The Morgan fingerprint density at radius 2 is 1.40 bits per heavy atom.